The van der Waals surface area contributed by atoms with Crippen molar-refractivity contribution >= 4 is 18.0 Å². The number of carbonyl (C=O) groups is 1. The van der Waals surface area contributed by atoms with E-state index < -0.39 is 5.97 Å². The van der Waals surface area contributed by atoms with Gasteiger partial charge in [-0.3, -0.25) is 0 Å². The molecule has 0 aliphatic rings. The van der Waals surface area contributed by atoms with Crippen LogP contribution in [0.25, 0.3) is 0 Å². The van der Waals surface area contributed by atoms with E-state index in [1.807, 2.05) is 44.0 Å². The number of carbonyl (C=O) groups excluding carboxylic acids is 1. The number of benzene rings is 2. The van der Waals surface area contributed by atoms with Gasteiger partial charge in [-0.15, -0.1) is 0 Å². The fourth-order valence-corrected chi connectivity index (χ4v) is 2.69. The van der Waals surface area contributed by atoms with Gasteiger partial charge in [0.1, 0.15) is 18.1 Å². The topological polar surface area (TPSA) is 60.4 Å². The highest BCUT2D eigenvalue weighted by Gasteiger charge is 2.16. The Balaban J connectivity index is 2.20. The van der Waals surface area contributed by atoms with Crippen LogP contribution in [0.5, 0.6) is 11.5 Å². The quantitative estimate of drug-likeness (QED) is 0.386. The molecule has 0 spiro atoms. The molecule has 0 aliphatic heterocycles. The van der Waals surface area contributed by atoms with Crippen LogP contribution in [0.1, 0.15) is 34.0 Å². The minimum atomic E-state index is -0.394. The summed E-state index contributed by atoms with van der Waals surface area (Å²) in [6.45, 7) is 6.80. The lowest BCUT2D eigenvalue weighted by molar-refractivity contribution is 0.0466. The number of ether oxygens (including phenoxy) is 3. The number of esters is 1. The maximum absolute atomic E-state index is 12.7. The monoisotopic (exact) mass is 384 g/mol. The van der Waals surface area contributed by atoms with Crippen molar-refractivity contribution in [1.82, 2.24) is 4.90 Å². The summed E-state index contributed by atoms with van der Waals surface area (Å²) in [5.41, 5.74) is 3.77. The van der Waals surface area contributed by atoms with Gasteiger partial charge in [-0.1, -0.05) is 6.07 Å². The Kier molecular flexibility index (Phi) is 7.44. The highest BCUT2D eigenvalue weighted by Crippen LogP contribution is 2.30. The first kappa shape index (κ1) is 21.3. The Bertz CT molecular complexity index is 840. The van der Waals surface area contributed by atoms with E-state index in [9.17, 15) is 4.79 Å². The van der Waals surface area contributed by atoms with E-state index in [-0.39, 0.29) is 6.61 Å². The first-order valence-corrected chi connectivity index (χ1v) is 9.13. The van der Waals surface area contributed by atoms with E-state index in [4.69, 9.17) is 14.2 Å². The largest absolute Gasteiger partial charge is 0.496 e. The van der Waals surface area contributed by atoms with Gasteiger partial charge in [0, 0.05) is 13.6 Å². The van der Waals surface area contributed by atoms with Gasteiger partial charge in [-0.25, -0.2) is 9.79 Å². The van der Waals surface area contributed by atoms with E-state index in [1.165, 1.54) is 0 Å². The van der Waals surface area contributed by atoms with Crippen LogP contribution in [0.3, 0.4) is 0 Å². The lowest BCUT2D eigenvalue weighted by atomic mass is 10.0. The summed E-state index contributed by atoms with van der Waals surface area (Å²) in [5.74, 6) is 0.837. The van der Waals surface area contributed by atoms with E-state index in [1.54, 1.807) is 32.7 Å². The van der Waals surface area contributed by atoms with Crippen LogP contribution in [-0.2, 0) is 11.3 Å². The summed E-state index contributed by atoms with van der Waals surface area (Å²) in [5, 5.41) is 0. The van der Waals surface area contributed by atoms with Crippen molar-refractivity contribution in [3.05, 3.63) is 52.6 Å². The number of rotatable bonds is 8. The molecule has 0 N–H and O–H groups in total. The molecule has 0 saturated heterocycles. The Hall–Kier alpha value is -3.02. The van der Waals surface area contributed by atoms with Gasteiger partial charge in [-0.05, 0) is 56.2 Å². The summed E-state index contributed by atoms with van der Waals surface area (Å²) in [7, 11) is 5.11. The van der Waals surface area contributed by atoms with Crippen LogP contribution < -0.4 is 9.47 Å². The molecule has 0 fully saturated rings. The molecule has 0 atom stereocenters. The number of aryl methyl sites for hydroxylation is 2. The van der Waals surface area contributed by atoms with Crippen molar-refractivity contribution in [3.8, 4) is 11.5 Å². The zero-order valence-electron chi connectivity index (χ0n) is 17.4. The molecule has 2 rings (SSSR count). The molecule has 150 valence electrons. The van der Waals surface area contributed by atoms with Crippen LogP contribution >= 0.6 is 0 Å². The maximum Gasteiger partial charge on any atom is 0.338 e. The molecule has 0 amide bonds. The highest BCUT2D eigenvalue weighted by atomic mass is 16.5. The molecule has 0 aliphatic carbocycles. The molecular formula is C22H28N2O4. The predicted octanol–water partition coefficient (Wildman–Crippen LogP) is 4.29. The molecule has 0 unspecified atom stereocenters. The van der Waals surface area contributed by atoms with Crippen molar-refractivity contribution in [2.45, 2.75) is 27.4 Å². The van der Waals surface area contributed by atoms with Gasteiger partial charge >= 0.3 is 5.97 Å². The van der Waals surface area contributed by atoms with Crippen molar-refractivity contribution in [2.75, 3.05) is 27.8 Å². The molecule has 0 saturated carbocycles. The van der Waals surface area contributed by atoms with Gasteiger partial charge in [-0.2, -0.15) is 0 Å². The predicted molar refractivity (Wildman–Crippen MR) is 111 cm³/mol. The fraction of sp³-hybridized carbons (Fsp3) is 0.364. The zero-order chi connectivity index (χ0) is 20.7. The van der Waals surface area contributed by atoms with Crippen molar-refractivity contribution in [1.29, 1.82) is 0 Å². The summed E-state index contributed by atoms with van der Waals surface area (Å²) in [6, 6.07) is 9.15. The normalized spacial score (nSPS) is 10.8. The average molecular weight is 384 g/mol. The van der Waals surface area contributed by atoms with Gasteiger partial charge < -0.3 is 19.1 Å². The van der Waals surface area contributed by atoms with Gasteiger partial charge in [0.05, 0.1) is 37.4 Å². The summed E-state index contributed by atoms with van der Waals surface area (Å²) >= 11 is 0. The summed E-state index contributed by atoms with van der Waals surface area (Å²) < 4.78 is 16.2. The molecular weight excluding hydrogens is 356 g/mol. The Morgan fingerprint density at radius 1 is 1.11 bits per heavy atom. The Morgan fingerprint density at radius 3 is 2.32 bits per heavy atom. The lowest BCUT2D eigenvalue weighted by Gasteiger charge is -2.14. The lowest BCUT2D eigenvalue weighted by Crippen LogP contribution is -2.14. The second-order valence-corrected chi connectivity index (χ2v) is 6.49. The third-order valence-electron chi connectivity index (χ3n) is 4.53. The smallest absolute Gasteiger partial charge is 0.338 e. The molecule has 6 nitrogen and oxygen atoms in total. The van der Waals surface area contributed by atoms with Crippen LogP contribution in [0.2, 0.25) is 0 Å². The first-order valence-electron chi connectivity index (χ1n) is 9.13. The van der Waals surface area contributed by atoms with Crippen molar-refractivity contribution < 1.29 is 19.0 Å². The maximum atomic E-state index is 12.7. The van der Waals surface area contributed by atoms with Crippen molar-refractivity contribution in [2.24, 2.45) is 4.99 Å². The van der Waals surface area contributed by atoms with Gasteiger partial charge in [0.15, 0.2) is 0 Å². The Labute approximate surface area is 166 Å². The number of aliphatic imine (C=N–C) groups is 1. The third-order valence-corrected chi connectivity index (χ3v) is 4.53. The summed E-state index contributed by atoms with van der Waals surface area (Å²) in [4.78, 5) is 19.1. The minimum Gasteiger partial charge on any atom is -0.496 e. The molecule has 0 radical (unpaired) electrons. The van der Waals surface area contributed by atoms with Crippen molar-refractivity contribution in [3.63, 3.8) is 0 Å². The molecule has 0 heterocycles. The molecule has 6 heteroatoms. The van der Waals surface area contributed by atoms with Gasteiger partial charge in [0.25, 0.3) is 0 Å². The summed E-state index contributed by atoms with van der Waals surface area (Å²) in [6.07, 6.45) is 1.79. The van der Waals surface area contributed by atoms with Crippen LogP contribution in [0.4, 0.5) is 5.69 Å². The SMILES string of the molecule is CCN(C)/C=N/c1cc(C)c(C(=O)OCc2c(OC)cccc2OC)cc1C. The van der Waals surface area contributed by atoms with Crippen LogP contribution in [-0.4, -0.2) is 45.0 Å². The molecule has 2 aromatic rings. The highest BCUT2D eigenvalue weighted by molar-refractivity contribution is 5.92. The average Bonchev–Trinajstić information content (AvgIpc) is 2.71. The zero-order valence-corrected chi connectivity index (χ0v) is 17.4. The Morgan fingerprint density at radius 2 is 1.75 bits per heavy atom. The molecule has 28 heavy (non-hydrogen) atoms. The van der Waals surface area contributed by atoms with Gasteiger partial charge in [0.2, 0.25) is 0 Å². The first-order chi connectivity index (χ1) is 13.4. The molecule has 0 bridgehead atoms. The van der Waals surface area contributed by atoms with E-state index in [2.05, 4.69) is 11.9 Å². The molecule has 2 aromatic carbocycles. The number of nitrogens with zero attached hydrogens (tertiary/aromatic N) is 2. The van der Waals surface area contributed by atoms with Crippen LogP contribution in [0, 0.1) is 13.8 Å². The third kappa shape index (κ3) is 5.03. The number of methoxy groups -OCH3 is 2. The second-order valence-electron chi connectivity index (χ2n) is 6.49. The van der Waals surface area contributed by atoms with E-state index in [0.717, 1.165) is 23.4 Å². The fourth-order valence-electron chi connectivity index (χ4n) is 2.69. The van der Waals surface area contributed by atoms with E-state index >= 15 is 0 Å². The number of hydrogen-bond acceptors (Lipinski definition) is 5. The van der Waals surface area contributed by atoms with Crippen LogP contribution in [0.15, 0.2) is 35.3 Å². The number of hydrogen-bond donors (Lipinski definition) is 0. The minimum absolute atomic E-state index is 0.0612. The second kappa shape index (κ2) is 9.78. The standard InChI is InChI=1S/C22H28N2O4/c1-7-24(4)14-23-19-12-15(2)17(11-16(19)3)22(25)28-13-18-20(26-5)9-8-10-21(18)27-6/h8-12,14H,7,13H2,1-6H3/b23-14+. The van der Waals surface area contributed by atoms with E-state index in [0.29, 0.717) is 22.6 Å². The molecule has 0 aromatic heterocycles.